The minimum Gasteiger partial charge on any atom is -0.497 e. The minimum absolute atomic E-state index is 0.0301. The quantitative estimate of drug-likeness (QED) is 0.520. The monoisotopic (exact) mass is 448 g/mol. The molecular formula is C26H32N4O3. The Balaban J connectivity index is 1.42. The SMILES string of the molecule is C=CCn1c(N2CCC(C(=O)NC(C)c3cc(OC)ccc3OC)CC2)nc2ccccc21. The average molecular weight is 449 g/mol. The highest BCUT2D eigenvalue weighted by atomic mass is 16.5. The topological polar surface area (TPSA) is 68.6 Å². The predicted molar refractivity (Wildman–Crippen MR) is 131 cm³/mol. The van der Waals surface area contributed by atoms with Gasteiger partial charge >= 0.3 is 0 Å². The van der Waals surface area contributed by atoms with Crippen molar-refractivity contribution in [3.05, 3.63) is 60.7 Å². The largest absolute Gasteiger partial charge is 0.497 e. The van der Waals surface area contributed by atoms with Gasteiger partial charge in [0.1, 0.15) is 11.5 Å². The van der Waals surface area contributed by atoms with Crippen LogP contribution in [-0.2, 0) is 11.3 Å². The van der Waals surface area contributed by atoms with Gasteiger partial charge in [-0.15, -0.1) is 6.58 Å². The molecule has 7 nitrogen and oxygen atoms in total. The van der Waals surface area contributed by atoms with Gasteiger partial charge in [0.25, 0.3) is 0 Å². The maximum absolute atomic E-state index is 13.1. The van der Waals surface area contributed by atoms with Gasteiger partial charge in [-0.2, -0.15) is 0 Å². The minimum atomic E-state index is -0.183. The molecule has 1 atom stereocenters. The summed E-state index contributed by atoms with van der Waals surface area (Å²) in [4.78, 5) is 20.2. The molecule has 3 aromatic rings. The molecule has 1 fully saturated rings. The Morgan fingerprint density at radius 3 is 2.67 bits per heavy atom. The molecule has 0 radical (unpaired) electrons. The number of carbonyl (C=O) groups is 1. The van der Waals surface area contributed by atoms with Crippen LogP contribution in [0.2, 0.25) is 0 Å². The van der Waals surface area contributed by atoms with E-state index in [-0.39, 0.29) is 17.9 Å². The number of nitrogens with zero attached hydrogens (tertiary/aromatic N) is 3. The third-order valence-corrected chi connectivity index (χ3v) is 6.36. The van der Waals surface area contributed by atoms with Gasteiger partial charge in [-0.1, -0.05) is 18.2 Å². The lowest BCUT2D eigenvalue weighted by molar-refractivity contribution is -0.126. The number of rotatable bonds is 8. The molecule has 2 heterocycles. The average Bonchev–Trinajstić information content (AvgIpc) is 3.22. The first-order valence-corrected chi connectivity index (χ1v) is 11.4. The first-order chi connectivity index (χ1) is 16.0. The molecule has 0 bridgehead atoms. The fourth-order valence-corrected chi connectivity index (χ4v) is 4.54. The van der Waals surface area contributed by atoms with Crippen LogP contribution < -0.4 is 19.7 Å². The highest BCUT2D eigenvalue weighted by molar-refractivity contribution is 5.80. The Hall–Kier alpha value is -3.48. The number of nitrogens with one attached hydrogen (secondary N) is 1. The highest BCUT2D eigenvalue weighted by Gasteiger charge is 2.28. The summed E-state index contributed by atoms with van der Waals surface area (Å²) in [7, 11) is 3.27. The molecule has 33 heavy (non-hydrogen) atoms. The van der Waals surface area contributed by atoms with E-state index >= 15 is 0 Å². The van der Waals surface area contributed by atoms with Gasteiger partial charge in [0.05, 0.1) is 31.3 Å². The summed E-state index contributed by atoms with van der Waals surface area (Å²) in [5, 5.41) is 3.17. The molecule has 1 unspecified atom stereocenters. The summed E-state index contributed by atoms with van der Waals surface area (Å²) in [5.41, 5.74) is 2.99. The van der Waals surface area contributed by atoms with E-state index in [1.54, 1.807) is 14.2 Å². The third-order valence-electron chi connectivity index (χ3n) is 6.36. The Morgan fingerprint density at radius 2 is 1.97 bits per heavy atom. The Bertz CT molecular complexity index is 1130. The van der Waals surface area contributed by atoms with Crippen molar-refractivity contribution in [3.63, 3.8) is 0 Å². The number of piperidine rings is 1. The van der Waals surface area contributed by atoms with Gasteiger partial charge in [-0.25, -0.2) is 4.98 Å². The van der Waals surface area contributed by atoms with Crippen molar-refractivity contribution in [2.24, 2.45) is 5.92 Å². The van der Waals surface area contributed by atoms with E-state index < -0.39 is 0 Å². The molecule has 0 aliphatic carbocycles. The van der Waals surface area contributed by atoms with Crippen LogP contribution in [0.3, 0.4) is 0 Å². The van der Waals surface area contributed by atoms with E-state index in [9.17, 15) is 4.79 Å². The molecule has 1 aliphatic heterocycles. The van der Waals surface area contributed by atoms with E-state index in [4.69, 9.17) is 14.5 Å². The second kappa shape index (κ2) is 9.98. The Labute approximate surface area is 195 Å². The van der Waals surface area contributed by atoms with Crippen molar-refractivity contribution in [3.8, 4) is 11.5 Å². The van der Waals surface area contributed by atoms with E-state index in [2.05, 4.69) is 27.4 Å². The predicted octanol–water partition coefficient (Wildman–Crippen LogP) is 4.33. The number of hydrogen-bond donors (Lipinski definition) is 1. The third kappa shape index (κ3) is 4.67. The van der Waals surface area contributed by atoms with Crippen LogP contribution in [-0.4, -0.2) is 42.8 Å². The molecule has 1 saturated heterocycles. The van der Waals surface area contributed by atoms with Gasteiger partial charge in [0.15, 0.2) is 0 Å². The fraction of sp³-hybridized carbons (Fsp3) is 0.385. The zero-order valence-corrected chi connectivity index (χ0v) is 19.6. The van der Waals surface area contributed by atoms with Crippen molar-refractivity contribution in [2.75, 3.05) is 32.2 Å². The van der Waals surface area contributed by atoms with E-state index in [1.165, 1.54) is 0 Å². The zero-order chi connectivity index (χ0) is 23.4. The summed E-state index contributed by atoms with van der Waals surface area (Å²) < 4.78 is 13.0. The van der Waals surface area contributed by atoms with Crippen molar-refractivity contribution in [2.45, 2.75) is 32.4 Å². The van der Waals surface area contributed by atoms with Crippen molar-refractivity contribution < 1.29 is 14.3 Å². The summed E-state index contributed by atoms with van der Waals surface area (Å²) in [5.74, 6) is 2.47. The smallest absolute Gasteiger partial charge is 0.223 e. The number of imidazole rings is 1. The number of para-hydroxylation sites is 2. The number of amides is 1. The summed E-state index contributed by atoms with van der Waals surface area (Å²) >= 11 is 0. The first-order valence-electron chi connectivity index (χ1n) is 11.4. The van der Waals surface area contributed by atoms with Crippen LogP contribution in [0.15, 0.2) is 55.1 Å². The molecule has 0 spiro atoms. The molecule has 7 heteroatoms. The van der Waals surface area contributed by atoms with Crippen LogP contribution in [0.1, 0.15) is 31.4 Å². The summed E-state index contributed by atoms with van der Waals surface area (Å²) in [6, 6.07) is 13.6. The van der Waals surface area contributed by atoms with Crippen LogP contribution >= 0.6 is 0 Å². The van der Waals surface area contributed by atoms with Gasteiger partial charge in [0.2, 0.25) is 11.9 Å². The zero-order valence-electron chi connectivity index (χ0n) is 19.6. The van der Waals surface area contributed by atoms with Crippen LogP contribution in [0.4, 0.5) is 5.95 Å². The maximum atomic E-state index is 13.1. The number of anilines is 1. The second-order valence-corrected chi connectivity index (χ2v) is 8.40. The van der Waals surface area contributed by atoms with Crippen LogP contribution in [0.25, 0.3) is 11.0 Å². The Morgan fingerprint density at radius 1 is 1.21 bits per heavy atom. The van der Waals surface area contributed by atoms with Crippen molar-refractivity contribution in [1.82, 2.24) is 14.9 Å². The number of methoxy groups -OCH3 is 2. The molecule has 2 aromatic carbocycles. The number of allylic oxidation sites excluding steroid dienone is 1. The van der Waals surface area contributed by atoms with Gasteiger partial charge < -0.3 is 24.3 Å². The number of fused-ring (bicyclic) bond motifs is 1. The fourth-order valence-electron chi connectivity index (χ4n) is 4.54. The van der Waals surface area contributed by atoms with Gasteiger partial charge in [-0.3, -0.25) is 4.79 Å². The molecule has 0 saturated carbocycles. The number of aromatic nitrogens is 2. The normalized spacial score (nSPS) is 15.3. The van der Waals surface area contributed by atoms with Gasteiger partial charge in [-0.05, 0) is 50.1 Å². The van der Waals surface area contributed by atoms with Crippen molar-refractivity contribution in [1.29, 1.82) is 0 Å². The lowest BCUT2D eigenvalue weighted by Gasteiger charge is -2.33. The van der Waals surface area contributed by atoms with Crippen molar-refractivity contribution >= 4 is 22.9 Å². The lowest BCUT2D eigenvalue weighted by Crippen LogP contribution is -2.42. The van der Waals surface area contributed by atoms with E-state index in [0.717, 1.165) is 60.0 Å². The lowest BCUT2D eigenvalue weighted by atomic mass is 9.95. The molecule has 1 aromatic heterocycles. The van der Waals surface area contributed by atoms with E-state index in [1.807, 2.05) is 49.4 Å². The number of ether oxygens (including phenoxy) is 2. The van der Waals surface area contributed by atoms with Gasteiger partial charge in [0, 0.05) is 31.1 Å². The molecule has 1 aliphatic rings. The highest BCUT2D eigenvalue weighted by Crippen LogP contribution is 2.31. The summed E-state index contributed by atoms with van der Waals surface area (Å²) in [6.45, 7) is 8.16. The Kier molecular flexibility index (Phi) is 6.87. The van der Waals surface area contributed by atoms with Crippen LogP contribution in [0.5, 0.6) is 11.5 Å². The molecule has 4 rings (SSSR count). The maximum Gasteiger partial charge on any atom is 0.223 e. The molecule has 174 valence electrons. The molecule has 1 N–H and O–H groups in total. The molecular weight excluding hydrogens is 416 g/mol. The number of benzene rings is 2. The van der Waals surface area contributed by atoms with Crippen LogP contribution in [0, 0.1) is 5.92 Å². The first kappa shape index (κ1) is 22.7. The van der Waals surface area contributed by atoms with E-state index in [0.29, 0.717) is 6.54 Å². The number of carbonyl (C=O) groups excluding carboxylic acids is 1. The second-order valence-electron chi connectivity index (χ2n) is 8.40. The standard InChI is InChI=1S/C26H32N4O3/c1-5-14-30-23-9-7-6-8-22(23)28-26(30)29-15-12-19(13-16-29)25(31)27-18(2)21-17-20(32-3)10-11-24(21)33-4/h5-11,17-19H,1,12-16H2,2-4H3,(H,27,31). The number of hydrogen-bond acceptors (Lipinski definition) is 5. The summed E-state index contributed by atoms with van der Waals surface area (Å²) in [6.07, 6.45) is 3.46. The molecule has 1 amide bonds.